The van der Waals surface area contributed by atoms with E-state index in [1.54, 1.807) is 6.92 Å². The van der Waals surface area contributed by atoms with E-state index in [0.29, 0.717) is 0 Å². The standard InChI is InChI=1S/C10H21N3O.2ClH/c1-9(14)13-6-4-12(5-7-13)8-10(2,3)11;;/h4-8,11H2,1-3H3;2*1H. The normalized spacial score (nSPS) is 17.4. The Kier molecular flexibility index (Phi) is 8.40. The fourth-order valence-corrected chi connectivity index (χ4v) is 1.80. The lowest BCUT2D eigenvalue weighted by Gasteiger charge is -2.37. The first kappa shape index (κ1) is 18.3. The first-order valence-electron chi connectivity index (χ1n) is 5.15. The number of piperazine rings is 1. The van der Waals surface area contributed by atoms with Gasteiger partial charge in [0, 0.05) is 45.2 Å². The smallest absolute Gasteiger partial charge is 0.219 e. The van der Waals surface area contributed by atoms with E-state index in [0.717, 1.165) is 32.7 Å². The van der Waals surface area contributed by atoms with E-state index >= 15 is 0 Å². The van der Waals surface area contributed by atoms with E-state index < -0.39 is 0 Å². The fourth-order valence-electron chi connectivity index (χ4n) is 1.80. The molecular formula is C10H23Cl2N3O. The van der Waals surface area contributed by atoms with Crippen molar-refractivity contribution >= 4 is 30.7 Å². The van der Waals surface area contributed by atoms with Crippen molar-refractivity contribution < 1.29 is 4.79 Å². The third-order valence-corrected chi connectivity index (χ3v) is 2.45. The molecule has 2 N–H and O–H groups in total. The minimum Gasteiger partial charge on any atom is -0.340 e. The van der Waals surface area contributed by atoms with Crippen LogP contribution in [0.1, 0.15) is 20.8 Å². The molecule has 1 rings (SSSR count). The molecule has 0 aromatic rings. The summed E-state index contributed by atoms with van der Waals surface area (Å²) in [5.41, 5.74) is 5.80. The van der Waals surface area contributed by atoms with Gasteiger partial charge in [0.2, 0.25) is 5.91 Å². The molecule has 4 nitrogen and oxygen atoms in total. The van der Waals surface area contributed by atoms with Gasteiger partial charge in [-0.2, -0.15) is 0 Å². The molecule has 1 heterocycles. The van der Waals surface area contributed by atoms with Gasteiger partial charge in [-0.15, -0.1) is 24.8 Å². The molecule has 1 aliphatic rings. The second-order valence-electron chi connectivity index (χ2n) is 4.77. The van der Waals surface area contributed by atoms with Crippen molar-refractivity contribution in [2.75, 3.05) is 32.7 Å². The number of hydrogen-bond donors (Lipinski definition) is 1. The number of rotatable bonds is 2. The van der Waals surface area contributed by atoms with Gasteiger partial charge in [-0.05, 0) is 13.8 Å². The average Bonchev–Trinajstić information content (AvgIpc) is 2.02. The number of nitrogens with zero attached hydrogens (tertiary/aromatic N) is 2. The molecule has 6 heteroatoms. The van der Waals surface area contributed by atoms with E-state index in [4.69, 9.17) is 5.73 Å². The molecule has 0 aromatic carbocycles. The maximum absolute atomic E-state index is 11.1. The predicted molar refractivity (Wildman–Crippen MR) is 71.5 cm³/mol. The number of carbonyl (C=O) groups is 1. The maximum Gasteiger partial charge on any atom is 0.219 e. The van der Waals surface area contributed by atoms with Crippen molar-refractivity contribution in [3.8, 4) is 0 Å². The molecule has 1 saturated heterocycles. The van der Waals surface area contributed by atoms with Crippen molar-refractivity contribution in [1.82, 2.24) is 9.80 Å². The van der Waals surface area contributed by atoms with Gasteiger partial charge in [0.15, 0.2) is 0 Å². The van der Waals surface area contributed by atoms with Gasteiger partial charge in [-0.3, -0.25) is 9.69 Å². The third-order valence-electron chi connectivity index (χ3n) is 2.45. The van der Waals surface area contributed by atoms with E-state index in [9.17, 15) is 4.79 Å². The van der Waals surface area contributed by atoms with Crippen LogP contribution in [0.15, 0.2) is 0 Å². The second kappa shape index (κ2) is 7.33. The van der Waals surface area contributed by atoms with Crippen molar-refractivity contribution in [2.24, 2.45) is 5.73 Å². The Morgan fingerprint density at radius 2 is 1.62 bits per heavy atom. The lowest BCUT2D eigenvalue weighted by Crippen LogP contribution is -2.53. The van der Waals surface area contributed by atoms with E-state index in [-0.39, 0.29) is 36.3 Å². The Hall–Kier alpha value is -0.0300. The number of carbonyl (C=O) groups excluding carboxylic acids is 1. The van der Waals surface area contributed by atoms with Gasteiger partial charge in [0.1, 0.15) is 0 Å². The molecule has 0 aliphatic carbocycles. The Morgan fingerprint density at radius 1 is 1.19 bits per heavy atom. The van der Waals surface area contributed by atoms with Crippen LogP contribution >= 0.6 is 24.8 Å². The molecule has 0 unspecified atom stereocenters. The Morgan fingerprint density at radius 3 is 1.94 bits per heavy atom. The Bertz CT molecular complexity index is 211. The molecule has 1 amide bonds. The summed E-state index contributed by atoms with van der Waals surface area (Å²) in [5.74, 6) is 0.177. The topological polar surface area (TPSA) is 49.6 Å². The highest BCUT2D eigenvalue weighted by molar-refractivity contribution is 5.85. The second-order valence-corrected chi connectivity index (χ2v) is 4.77. The van der Waals surface area contributed by atoms with Crippen LogP contribution in [0, 0.1) is 0 Å². The first-order chi connectivity index (χ1) is 6.38. The number of nitrogens with two attached hydrogens (primary N) is 1. The third kappa shape index (κ3) is 6.53. The summed E-state index contributed by atoms with van der Waals surface area (Å²) in [6.45, 7) is 10.2. The number of hydrogen-bond acceptors (Lipinski definition) is 3. The monoisotopic (exact) mass is 271 g/mol. The Balaban J connectivity index is 0. The zero-order chi connectivity index (χ0) is 10.8. The molecule has 0 aromatic heterocycles. The van der Waals surface area contributed by atoms with E-state index in [1.807, 2.05) is 18.7 Å². The van der Waals surface area contributed by atoms with Gasteiger partial charge in [-0.1, -0.05) is 0 Å². The minimum atomic E-state index is -0.140. The molecule has 0 atom stereocenters. The summed E-state index contributed by atoms with van der Waals surface area (Å²) in [4.78, 5) is 15.3. The van der Waals surface area contributed by atoms with Crippen LogP contribution in [-0.2, 0) is 4.79 Å². The Labute approximate surface area is 110 Å². The highest BCUT2D eigenvalue weighted by Crippen LogP contribution is 2.06. The van der Waals surface area contributed by atoms with Gasteiger partial charge in [-0.25, -0.2) is 0 Å². The SMILES string of the molecule is CC(=O)N1CCN(CC(C)(C)N)CC1.Cl.Cl. The molecule has 0 spiro atoms. The number of amides is 1. The van der Waals surface area contributed by atoms with Gasteiger partial charge < -0.3 is 10.6 Å². The zero-order valence-electron chi connectivity index (χ0n) is 10.2. The highest BCUT2D eigenvalue weighted by atomic mass is 35.5. The fraction of sp³-hybridized carbons (Fsp3) is 0.900. The molecule has 0 radical (unpaired) electrons. The molecule has 16 heavy (non-hydrogen) atoms. The molecule has 0 saturated carbocycles. The summed E-state index contributed by atoms with van der Waals surface area (Å²) in [6.07, 6.45) is 0. The van der Waals surface area contributed by atoms with Crippen molar-refractivity contribution in [3.05, 3.63) is 0 Å². The van der Waals surface area contributed by atoms with Crippen LogP contribution in [0.5, 0.6) is 0 Å². The van der Waals surface area contributed by atoms with Gasteiger partial charge >= 0.3 is 0 Å². The number of halogens is 2. The predicted octanol–water partition coefficient (Wildman–Crippen LogP) is 0.731. The zero-order valence-corrected chi connectivity index (χ0v) is 11.9. The van der Waals surface area contributed by atoms with Crippen molar-refractivity contribution in [3.63, 3.8) is 0 Å². The van der Waals surface area contributed by atoms with Crippen molar-refractivity contribution in [1.29, 1.82) is 0 Å². The van der Waals surface area contributed by atoms with Gasteiger partial charge in [0.25, 0.3) is 0 Å². The van der Waals surface area contributed by atoms with Crippen molar-refractivity contribution in [2.45, 2.75) is 26.3 Å². The first-order valence-corrected chi connectivity index (χ1v) is 5.15. The summed E-state index contributed by atoms with van der Waals surface area (Å²) < 4.78 is 0. The van der Waals surface area contributed by atoms with E-state index in [1.165, 1.54) is 0 Å². The summed E-state index contributed by atoms with van der Waals surface area (Å²) in [5, 5.41) is 0. The van der Waals surface area contributed by atoms with Crippen LogP contribution in [0.4, 0.5) is 0 Å². The van der Waals surface area contributed by atoms with Crippen LogP contribution in [0.25, 0.3) is 0 Å². The minimum absolute atomic E-state index is 0. The van der Waals surface area contributed by atoms with Gasteiger partial charge in [0.05, 0.1) is 0 Å². The molecule has 98 valence electrons. The van der Waals surface area contributed by atoms with Crippen LogP contribution in [0.2, 0.25) is 0 Å². The quantitative estimate of drug-likeness (QED) is 0.806. The van der Waals surface area contributed by atoms with Crippen LogP contribution in [0.3, 0.4) is 0 Å². The van der Waals surface area contributed by atoms with E-state index in [2.05, 4.69) is 4.90 Å². The molecule has 1 fully saturated rings. The highest BCUT2D eigenvalue weighted by Gasteiger charge is 2.22. The lowest BCUT2D eigenvalue weighted by molar-refractivity contribution is -0.130. The summed E-state index contributed by atoms with van der Waals surface area (Å²) in [7, 11) is 0. The largest absolute Gasteiger partial charge is 0.340 e. The molecule has 0 bridgehead atoms. The molecular weight excluding hydrogens is 249 g/mol. The maximum atomic E-state index is 11.1. The summed E-state index contributed by atoms with van der Waals surface area (Å²) in [6, 6.07) is 0. The molecule has 1 aliphatic heterocycles. The van der Waals surface area contributed by atoms with Crippen LogP contribution < -0.4 is 5.73 Å². The summed E-state index contributed by atoms with van der Waals surface area (Å²) >= 11 is 0. The average molecular weight is 272 g/mol. The van der Waals surface area contributed by atoms with Crippen LogP contribution in [-0.4, -0.2) is 54.0 Å². The lowest BCUT2D eigenvalue weighted by atomic mass is 10.1.